The van der Waals surface area contributed by atoms with Gasteiger partial charge in [-0.2, -0.15) is 0 Å². The molecule has 0 aliphatic rings. The molecule has 0 saturated heterocycles. The second-order valence-corrected chi connectivity index (χ2v) is 10.0. The molecule has 9 heteroatoms. The normalized spacial score (nSPS) is 11.2. The molecule has 0 spiro atoms. The molecule has 1 N–H and O–H groups in total. The number of nitrogens with zero attached hydrogens (tertiary/aromatic N) is 1. The van der Waals surface area contributed by atoms with Gasteiger partial charge in [-0.25, -0.2) is 8.42 Å². The van der Waals surface area contributed by atoms with E-state index in [1.54, 1.807) is 42.5 Å². The predicted octanol–water partition coefficient (Wildman–Crippen LogP) is 5.29. The number of nitrogens with one attached hydrogen (secondary N) is 1. The fourth-order valence-electron chi connectivity index (χ4n) is 3.20. The van der Waals surface area contributed by atoms with Gasteiger partial charge in [-0.05, 0) is 61.0 Å². The summed E-state index contributed by atoms with van der Waals surface area (Å²) in [5.41, 5.74) is 2.21. The third kappa shape index (κ3) is 6.63. The van der Waals surface area contributed by atoms with Crippen molar-refractivity contribution >= 4 is 44.8 Å². The fourth-order valence-corrected chi connectivity index (χ4v) is 4.59. The summed E-state index contributed by atoms with van der Waals surface area (Å²) < 4.78 is 31.6. The highest BCUT2D eigenvalue weighted by Gasteiger charge is 2.21. The molecule has 3 rings (SSSR count). The highest BCUT2D eigenvalue weighted by molar-refractivity contribution is 7.92. The van der Waals surface area contributed by atoms with Gasteiger partial charge in [0.1, 0.15) is 5.75 Å². The zero-order chi connectivity index (χ0) is 24.0. The molecule has 33 heavy (non-hydrogen) atoms. The zero-order valence-corrected chi connectivity index (χ0v) is 20.5. The van der Waals surface area contributed by atoms with E-state index in [9.17, 15) is 13.2 Å². The van der Waals surface area contributed by atoms with Gasteiger partial charge in [0.2, 0.25) is 10.0 Å². The maximum absolute atomic E-state index is 12.6. The molecule has 0 unspecified atom stereocenters. The molecule has 0 radical (unpaired) electrons. The predicted molar refractivity (Wildman–Crippen MR) is 133 cm³/mol. The van der Waals surface area contributed by atoms with Crippen LogP contribution in [0.2, 0.25) is 10.0 Å². The number of sulfonamides is 1. The number of hydrogen-bond donors (Lipinski definition) is 1. The average molecular weight is 507 g/mol. The van der Waals surface area contributed by atoms with Crippen LogP contribution in [-0.4, -0.2) is 27.2 Å². The van der Waals surface area contributed by atoms with Crippen LogP contribution in [0.5, 0.6) is 5.75 Å². The number of benzene rings is 3. The van der Waals surface area contributed by atoms with Gasteiger partial charge in [-0.1, -0.05) is 41.4 Å². The Labute approximate surface area is 204 Å². The Morgan fingerprint density at radius 2 is 1.64 bits per heavy atom. The number of halogens is 2. The second-order valence-electron chi connectivity index (χ2n) is 7.28. The van der Waals surface area contributed by atoms with Crippen molar-refractivity contribution in [2.45, 2.75) is 20.0 Å². The Morgan fingerprint density at radius 3 is 2.24 bits per heavy atom. The Balaban J connectivity index is 1.74. The van der Waals surface area contributed by atoms with Crippen LogP contribution in [0.15, 0.2) is 66.7 Å². The van der Waals surface area contributed by atoms with Crippen LogP contribution in [0.3, 0.4) is 0 Å². The van der Waals surface area contributed by atoms with Gasteiger partial charge < -0.3 is 10.1 Å². The molecular formula is C24H24Cl2N2O4S. The molecular weight excluding hydrogens is 483 g/mol. The van der Waals surface area contributed by atoms with Crippen molar-refractivity contribution < 1.29 is 17.9 Å². The first-order chi connectivity index (χ1) is 15.7. The van der Waals surface area contributed by atoms with E-state index in [2.05, 4.69) is 5.32 Å². The molecule has 0 bridgehead atoms. The van der Waals surface area contributed by atoms with Gasteiger partial charge in [0.15, 0.2) is 0 Å². The first kappa shape index (κ1) is 24.9. The topological polar surface area (TPSA) is 75.7 Å². The Bertz CT molecular complexity index is 1210. The van der Waals surface area contributed by atoms with Crippen molar-refractivity contribution in [1.82, 2.24) is 5.32 Å². The molecule has 0 saturated carbocycles. The summed E-state index contributed by atoms with van der Waals surface area (Å²) in [6, 6.07) is 18.8. The van der Waals surface area contributed by atoms with Crippen molar-refractivity contribution in [2.75, 3.05) is 17.2 Å². The summed E-state index contributed by atoms with van der Waals surface area (Å²) in [6.45, 7) is 2.78. The van der Waals surface area contributed by atoms with Crippen LogP contribution >= 0.6 is 23.2 Å². The van der Waals surface area contributed by atoms with Gasteiger partial charge in [-0.3, -0.25) is 9.10 Å². The second kappa shape index (κ2) is 10.9. The molecule has 0 fully saturated rings. The van der Waals surface area contributed by atoms with Crippen molar-refractivity contribution in [2.24, 2.45) is 0 Å². The molecule has 6 nitrogen and oxygen atoms in total. The van der Waals surface area contributed by atoms with Gasteiger partial charge >= 0.3 is 0 Å². The first-order valence-electron chi connectivity index (χ1n) is 10.2. The lowest BCUT2D eigenvalue weighted by molar-refractivity contribution is 0.0951. The number of amides is 1. The number of hydrogen-bond acceptors (Lipinski definition) is 4. The maximum atomic E-state index is 12.6. The minimum Gasteiger partial charge on any atom is -0.494 e. The van der Waals surface area contributed by atoms with Crippen LogP contribution in [-0.2, 0) is 23.1 Å². The molecule has 1 amide bonds. The van der Waals surface area contributed by atoms with E-state index in [-0.39, 0.29) is 12.5 Å². The minimum absolute atomic E-state index is 0.0287. The lowest BCUT2D eigenvalue weighted by Gasteiger charge is -2.23. The minimum atomic E-state index is -3.63. The quantitative estimate of drug-likeness (QED) is 0.427. The smallest absolute Gasteiger partial charge is 0.251 e. The average Bonchev–Trinajstić information content (AvgIpc) is 2.77. The van der Waals surface area contributed by atoms with Gasteiger partial charge in [0.25, 0.3) is 5.91 Å². The summed E-state index contributed by atoms with van der Waals surface area (Å²) >= 11 is 12.4. The standard InChI is InChI=1S/C24H24Cl2N2O4S/c1-3-32-20-7-4-6-17(14-20)15-27-24(29)18-10-12-19(13-11-18)28(33(2,30)31)16-21-22(25)8-5-9-23(21)26/h4-14H,3,15-16H2,1-2H3,(H,27,29). The number of carbonyl (C=O) groups is 1. The van der Waals surface area contributed by atoms with Crippen molar-refractivity contribution in [3.63, 3.8) is 0 Å². The van der Waals surface area contributed by atoms with Crippen LogP contribution in [0.1, 0.15) is 28.4 Å². The summed E-state index contributed by atoms with van der Waals surface area (Å²) in [4.78, 5) is 12.6. The maximum Gasteiger partial charge on any atom is 0.251 e. The van der Waals surface area contributed by atoms with E-state index < -0.39 is 10.0 Å². The highest BCUT2D eigenvalue weighted by Crippen LogP contribution is 2.29. The Hall–Kier alpha value is -2.74. The molecule has 0 aliphatic heterocycles. The monoisotopic (exact) mass is 506 g/mol. The largest absolute Gasteiger partial charge is 0.494 e. The third-order valence-electron chi connectivity index (χ3n) is 4.84. The van der Waals surface area contributed by atoms with E-state index in [0.717, 1.165) is 17.6 Å². The molecule has 3 aromatic rings. The Kier molecular flexibility index (Phi) is 8.24. The fraction of sp³-hybridized carbons (Fsp3) is 0.208. The van der Waals surface area contributed by atoms with E-state index in [1.165, 1.54) is 4.31 Å². The molecule has 0 heterocycles. The zero-order valence-electron chi connectivity index (χ0n) is 18.2. The number of rotatable bonds is 9. The van der Waals surface area contributed by atoms with E-state index in [4.69, 9.17) is 27.9 Å². The lowest BCUT2D eigenvalue weighted by atomic mass is 10.1. The van der Waals surface area contributed by atoms with E-state index in [0.29, 0.717) is 40.0 Å². The van der Waals surface area contributed by atoms with E-state index in [1.807, 2.05) is 31.2 Å². The summed E-state index contributed by atoms with van der Waals surface area (Å²) in [6.07, 6.45) is 1.11. The van der Waals surface area contributed by atoms with Crippen LogP contribution < -0.4 is 14.4 Å². The summed E-state index contributed by atoms with van der Waals surface area (Å²) in [5, 5.41) is 3.61. The number of ether oxygens (including phenoxy) is 1. The molecule has 0 atom stereocenters. The number of anilines is 1. The van der Waals surface area contributed by atoms with Gasteiger partial charge in [0, 0.05) is 27.7 Å². The van der Waals surface area contributed by atoms with Crippen LogP contribution in [0, 0.1) is 0 Å². The lowest BCUT2D eigenvalue weighted by Crippen LogP contribution is -2.29. The third-order valence-corrected chi connectivity index (χ3v) is 6.69. The van der Waals surface area contributed by atoms with Gasteiger partial charge in [0.05, 0.1) is 25.1 Å². The van der Waals surface area contributed by atoms with Crippen LogP contribution in [0.25, 0.3) is 0 Å². The van der Waals surface area contributed by atoms with Crippen molar-refractivity contribution in [3.8, 4) is 5.75 Å². The molecule has 174 valence electrons. The highest BCUT2D eigenvalue weighted by atomic mass is 35.5. The molecule has 0 aromatic heterocycles. The van der Waals surface area contributed by atoms with Gasteiger partial charge in [-0.15, -0.1) is 0 Å². The van der Waals surface area contributed by atoms with E-state index >= 15 is 0 Å². The van der Waals surface area contributed by atoms with Crippen LogP contribution in [0.4, 0.5) is 5.69 Å². The molecule has 3 aromatic carbocycles. The Morgan fingerprint density at radius 1 is 1.00 bits per heavy atom. The SMILES string of the molecule is CCOc1cccc(CNC(=O)c2ccc(N(Cc3c(Cl)cccc3Cl)S(C)(=O)=O)cc2)c1. The van der Waals surface area contributed by atoms with Crippen molar-refractivity contribution in [3.05, 3.63) is 93.5 Å². The molecule has 0 aliphatic carbocycles. The summed E-state index contributed by atoms with van der Waals surface area (Å²) in [5.74, 6) is 0.469. The first-order valence-corrected chi connectivity index (χ1v) is 12.8. The summed E-state index contributed by atoms with van der Waals surface area (Å²) in [7, 11) is -3.63. The number of carbonyl (C=O) groups excluding carboxylic acids is 1. The van der Waals surface area contributed by atoms with Crippen molar-refractivity contribution in [1.29, 1.82) is 0 Å².